The van der Waals surface area contributed by atoms with Gasteiger partial charge in [-0.25, -0.2) is 4.57 Å². The van der Waals surface area contributed by atoms with Crippen molar-refractivity contribution in [2.24, 2.45) is 0 Å². The van der Waals surface area contributed by atoms with Crippen molar-refractivity contribution < 1.29 is 37.9 Å². The smallest absolute Gasteiger partial charge is 0.462 e. The number of hydrogen-bond acceptors (Lipinski definition) is 6. The van der Waals surface area contributed by atoms with Crippen LogP contribution in [0, 0.1) is 0 Å². The monoisotopic (exact) mass is 744 g/mol. The van der Waals surface area contributed by atoms with E-state index in [1.165, 1.54) is 25.7 Å². The fourth-order valence-corrected chi connectivity index (χ4v) is 5.15. The van der Waals surface area contributed by atoms with Gasteiger partial charge >= 0.3 is 19.8 Å². The summed E-state index contributed by atoms with van der Waals surface area (Å²) in [4.78, 5) is 42.7. The van der Waals surface area contributed by atoms with E-state index in [0.29, 0.717) is 12.8 Å². The normalized spacial score (nSPS) is 13.5. The Morgan fingerprint density at radius 2 is 0.904 bits per heavy atom. The van der Waals surface area contributed by atoms with E-state index in [4.69, 9.17) is 19.3 Å². The maximum atomic E-state index is 12.4. The van der Waals surface area contributed by atoms with Gasteiger partial charge in [0.2, 0.25) is 0 Å². The van der Waals surface area contributed by atoms with Crippen molar-refractivity contribution in [2.45, 2.75) is 148 Å². The van der Waals surface area contributed by atoms with Gasteiger partial charge in [-0.05, 0) is 77.0 Å². The van der Waals surface area contributed by atoms with Crippen molar-refractivity contribution in [3.05, 3.63) is 97.2 Å². The highest BCUT2D eigenvalue weighted by molar-refractivity contribution is 7.46. The van der Waals surface area contributed by atoms with E-state index in [9.17, 15) is 14.2 Å². The van der Waals surface area contributed by atoms with Crippen LogP contribution in [-0.2, 0) is 28.2 Å². The fraction of sp³-hybridized carbons (Fsp3) is 0.581. The van der Waals surface area contributed by atoms with Crippen LogP contribution < -0.4 is 0 Å². The van der Waals surface area contributed by atoms with Gasteiger partial charge in [0.05, 0.1) is 6.61 Å². The Labute approximate surface area is 315 Å². The molecule has 0 saturated carbocycles. The quantitative estimate of drug-likeness (QED) is 0.0289. The summed E-state index contributed by atoms with van der Waals surface area (Å²) in [7, 11) is -4.78. The third-order valence-electron chi connectivity index (χ3n) is 7.61. The van der Waals surface area contributed by atoms with Crippen LogP contribution in [-0.4, -0.2) is 41.0 Å². The zero-order valence-corrected chi connectivity index (χ0v) is 33.1. The molecule has 0 fully saturated rings. The van der Waals surface area contributed by atoms with Crippen LogP contribution >= 0.6 is 7.82 Å². The Morgan fingerprint density at radius 3 is 1.37 bits per heavy atom. The molecule has 0 aliphatic carbocycles. The van der Waals surface area contributed by atoms with E-state index in [2.05, 4.69) is 103 Å². The molecule has 0 aliphatic heterocycles. The molecule has 0 spiro atoms. The minimum absolute atomic E-state index is 0.138. The Morgan fingerprint density at radius 1 is 0.500 bits per heavy atom. The number of hydrogen-bond donors (Lipinski definition) is 2. The number of rotatable bonds is 34. The second-order valence-corrected chi connectivity index (χ2v) is 13.7. The van der Waals surface area contributed by atoms with Crippen molar-refractivity contribution in [1.82, 2.24) is 0 Å². The molecule has 0 rings (SSSR count). The molecule has 1 unspecified atom stereocenters. The maximum Gasteiger partial charge on any atom is 0.469 e. The number of carbonyl (C=O) groups excluding carboxylic acids is 2. The molecule has 294 valence electrons. The van der Waals surface area contributed by atoms with Crippen LogP contribution in [0.2, 0.25) is 0 Å². The second kappa shape index (κ2) is 37.7. The molecule has 0 saturated heterocycles. The van der Waals surface area contributed by atoms with Crippen molar-refractivity contribution in [3.63, 3.8) is 0 Å². The molecular weight excluding hydrogens is 675 g/mol. The minimum Gasteiger partial charge on any atom is -0.462 e. The minimum atomic E-state index is -4.78. The van der Waals surface area contributed by atoms with Gasteiger partial charge in [-0.1, -0.05) is 150 Å². The van der Waals surface area contributed by atoms with E-state index >= 15 is 0 Å². The lowest BCUT2D eigenvalue weighted by molar-refractivity contribution is -0.161. The Balaban J connectivity index is 4.04. The molecule has 0 bridgehead atoms. The number of phosphoric acid groups is 1. The number of carbonyl (C=O) groups is 2. The summed E-state index contributed by atoms with van der Waals surface area (Å²) < 4.78 is 26.2. The molecule has 8 nitrogen and oxygen atoms in total. The molecule has 0 aromatic heterocycles. The highest BCUT2D eigenvalue weighted by Gasteiger charge is 2.22. The van der Waals surface area contributed by atoms with Crippen LogP contribution in [0.25, 0.3) is 0 Å². The largest absolute Gasteiger partial charge is 0.469 e. The van der Waals surface area contributed by atoms with E-state index < -0.39 is 32.5 Å². The second-order valence-electron chi connectivity index (χ2n) is 12.5. The molecule has 0 aromatic carbocycles. The topological polar surface area (TPSA) is 119 Å². The standard InChI is InChI=1S/C43H69O8P/c1-3-5-7-9-11-13-15-17-18-19-20-21-22-23-24-26-28-30-32-34-36-38-43(45)51-41(40-50-52(46,47)48)39-49-42(44)37-35-33-31-29-27-25-16-14-12-10-8-6-4-2/h5-8,11-14,17-18,20-21,25,27,31,33,41H,3-4,9-10,15-16,19,22-24,26,28-30,32,34-40H2,1-2H3,(H2,46,47,48)/b7-5-,8-6-,13-11-,14-12-,18-17-,21-20-,27-25-,33-31-. The zero-order chi connectivity index (χ0) is 38.2. The van der Waals surface area contributed by atoms with Crippen LogP contribution in [0.4, 0.5) is 0 Å². The van der Waals surface area contributed by atoms with Crippen molar-refractivity contribution in [1.29, 1.82) is 0 Å². The summed E-state index contributed by atoms with van der Waals surface area (Å²) in [6, 6.07) is 0. The van der Waals surface area contributed by atoms with Crippen molar-refractivity contribution in [2.75, 3.05) is 13.2 Å². The number of esters is 2. The first-order valence-corrected chi connectivity index (χ1v) is 21.1. The molecule has 0 aromatic rings. The molecule has 52 heavy (non-hydrogen) atoms. The Kier molecular flexibility index (Phi) is 35.5. The van der Waals surface area contributed by atoms with Crippen molar-refractivity contribution >= 4 is 19.8 Å². The van der Waals surface area contributed by atoms with Crippen LogP contribution in [0.15, 0.2) is 97.2 Å². The first-order valence-electron chi connectivity index (χ1n) is 19.5. The first-order chi connectivity index (χ1) is 25.3. The van der Waals surface area contributed by atoms with E-state index in [1.807, 2.05) is 12.2 Å². The first kappa shape index (κ1) is 49.0. The number of unbranched alkanes of at least 4 members (excludes halogenated alkanes) is 8. The van der Waals surface area contributed by atoms with Crippen molar-refractivity contribution in [3.8, 4) is 0 Å². The van der Waals surface area contributed by atoms with Gasteiger partial charge in [0, 0.05) is 12.8 Å². The molecule has 0 aliphatic rings. The summed E-state index contributed by atoms with van der Waals surface area (Å²) in [6.45, 7) is 3.36. The summed E-state index contributed by atoms with van der Waals surface area (Å²) in [5.74, 6) is -1.000. The summed E-state index contributed by atoms with van der Waals surface area (Å²) in [5, 5.41) is 0. The predicted octanol–water partition coefficient (Wildman–Crippen LogP) is 11.8. The molecule has 9 heteroatoms. The van der Waals surface area contributed by atoms with E-state index in [0.717, 1.165) is 77.0 Å². The van der Waals surface area contributed by atoms with Gasteiger partial charge in [0.1, 0.15) is 6.61 Å². The number of phosphoric ester groups is 1. The van der Waals surface area contributed by atoms with Gasteiger partial charge in [0.15, 0.2) is 6.10 Å². The lowest BCUT2D eigenvalue weighted by Gasteiger charge is -2.18. The number of ether oxygens (including phenoxy) is 2. The Hall–Kier alpha value is -3.03. The molecule has 0 amide bonds. The molecule has 1 atom stereocenters. The third-order valence-corrected chi connectivity index (χ3v) is 8.10. The summed E-state index contributed by atoms with van der Waals surface area (Å²) >= 11 is 0. The van der Waals surface area contributed by atoms with Crippen LogP contribution in [0.5, 0.6) is 0 Å². The van der Waals surface area contributed by atoms with Gasteiger partial charge in [-0.3, -0.25) is 14.1 Å². The maximum absolute atomic E-state index is 12.4. The van der Waals surface area contributed by atoms with Gasteiger partial charge < -0.3 is 19.3 Å². The lowest BCUT2D eigenvalue weighted by atomic mass is 10.1. The highest BCUT2D eigenvalue weighted by atomic mass is 31.2. The van der Waals surface area contributed by atoms with Crippen LogP contribution in [0.3, 0.4) is 0 Å². The third kappa shape index (κ3) is 39.8. The van der Waals surface area contributed by atoms with Gasteiger partial charge in [-0.2, -0.15) is 0 Å². The van der Waals surface area contributed by atoms with E-state index in [-0.39, 0.29) is 19.4 Å². The fourth-order valence-electron chi connectivity index (χ4n) is 4.79. The summed E-state index contributed by atoms with van der Waals surface area (Å²) in [6.07, 6.45) is 51.4. The molecular formula is C43H69O8P. The molecule has 2 N–H and O–H groups in total. The zero-order valence-electron chi connectivity index (χ0n) is 32.2. The van der Waals surface area contributed by atoms with E-state index in [1.54, 1.807) is 0 Å². The average molecular weight is 745 g/mol. The predicted molar refractivity (Wildman–Crippen MR) is 216 cm³/mol. The van der Waals surface area contributed by atoms with Gasteiger partial charge in [0.25, 0.3) is 0 Å². The van der Waals surface area contributed by atoms with Gasteiger partial charge in [-0.15, -0.1) is 0 Å². The highest BCUT2D eigenvalue weighted by Crippen LogP contribution is 2.36. The number of allylic oxidation sites excluding steroid dienone is 16. The molecule has 0 radical (unpaired) electrons. The SMILES string of the molecule is CC/C=C\C/C=C\C/C=C\C/C=C\CCCCCCCCCCC(=O)OC(COC(=O)CC/C=C\C/C=C\C/C=C\C/C=C\CC)COP(=O)(O)O. The Bertz CT molecular complexity index is 1160. The lowest BCUT2D eigenvalue weighted by Crippen LogP contribution is -2.29. The summed E-state index contributed by atoms with van der Waals surface area (Å²) in [5.41, 5.74) is 0. The van der Waals surface area contributed by atoms with Crippen LogP contribution in [0.1, 0.15) is 142 Å². The molecule has 0 heterocycles. The average Bonchev–Trinajstić information content (AvgIpc) is 3.11.